The summed E-state index contributed by atoms with van der Waals surface area (Å²) in [5.74, 6) is 0.886. The van der Waals surface area contributed by atoms with E-state index in [1.165, 1.54) is 6.42 Å². The molecule has 1 fully saturated rings. The molecule has 2 atom stereocenters. The summed E-state index contributed by atoms with van der Waals surface area (Å²) in [4.78, 5) is 0. The Bertz CT molecular complexity index is 121. The average Bonchev–Trinajstić information content (AvgIpc) is 2.39. The minimum Gasteiger partial charge on any atom is -0.103 e. The largest absolute Gasteiger partial charge is 0.103 e. The number of rotatable bonds is 2. The molecule has 1 rings (SSSR count). The van der Waals surface area contributed by atoms with Gasteiger partial charge >= 0.3 is 0 Å². The molecule has 0 aromatic carbocycles. The van der Waals surface area contributed by atoms with Crippen molar-refractivity contribution < 1.29 is 0 Å². The third kappa shape index (κ3) is 1.45. The Labute approximate surface area is 59.0 Å². The highest BCUT2D eigenvalue weighted by Crippen LogP contribution is 2.52. The van der Waals surface area contributed by atoms with Crippen molar-refractivity contribution in [3.63, 3.8) is 0 Å². The first kappa shape index (κ1) is 7.07. The lowest BCUT2D eigenvalue weighted by atomic mass is 10.4. The summed E-state index contributed by atoms with van der Waals surface area (Å²) in [6.07, 6.45) is 3.56. The maximum absolute atomic E-state index is 3.81. The molecule has 1 saturated carbocycles. The second-order valence-electron chi connectivity index (χ2n) is 4.11. The third-order valence-electron chi connectivity index (χ3n) is 2.25. The molecule has 0 amide bonds. The Balaban J connectivity index is 2.42. The zero-order valence-corrected chi connectivity index (χ0v) is 7.65. The van der Waals surface area contributed by atoms with Crippen LogP contribution in [0.2, 0.25) is 25.2 Å². The van der Waals surface area contributed by atoms with Gasteiger partial charge in [-0.15, -0.1) is 6.58 Å². The molecule has 52 valence electrons. The average molecular weight is 140 g/mol. The van der Waals surface area contributed by atoms with Gasteiger partial charge in [0.2, 0.25) is 0 Å². The van der Waals surface area contributed by atoms with Crippen LogP contribution in [-0.4, -0.2) is 8.07 Å². The normalized spacial score (nSPS) is 34.1. The molecule has 0 aromatic rings. The Hall–Kier alpha value is -0.0431. The summed E-state index contributed by atoms with van der Waals surface area (Å²) < 4.78 is 0. The molecular weight excluding hydrogens is 124 g/mol. The fraction of sp³-hybridized carbons (Fsp3) is 0.750. The standard InChI is InChI=1S/C8H16Si/c1-5-7-6-8(7)9(2,3)4/h5,7-8H,1,6H2,2-4H3/t7-,8+/m1/s1. The Morgan fingerprint density at radius 1 is 1.44 bits per heavy atom. The first-order valence-electron chi connectivity index (χ1n) is 3.68. The maximum Gasteiger partial charge on any atom is 0.0479 e. The molecule has 1 heteroatoms. The summed E-state index contributed by atoms with van der Waals surface area (Å²) >= 11 is 0. The van der Waals surface area contributed by atoms with E-state index in [4.69, 9.17) is 0 Å². The fourth-order valence-corrected chi connectivity index (χ4v) is 3.87. The van der Waals surface area contributed by atoms with Gasteiger partial charge in [-0.25, -0.2) is 0 Å². The smallest absolute Gasteiger partial charge is 0.0479 e. The zero-order chi connectivity index (χ0) is 7.07. The molecule has 9 heavy (non-hydrogen) atoms. The summed E-state index contributed by atoms with van der Waals surface area (Å²) in [5, 5.41) is 0. The third-order valence-corrected chi connectivity index (χ3v) is 5.14. The van der Waals surface area contributed by atoms with Crippen LogP contribution in [0.25, 0.3) is 0 Å². The van der Waals surface area contributed by atoms with E-state index in [1.807, 2.05) is 0 Å². The van der Waals surface area contributed by atoms with Crippen molar-refractivity contribution in [1.82, 2.24) is 0 Å². The molecule has 0 N–H and O–H groups in total. The zero-order valence-electron chi connectivity index (χ0n) is 6.65. The number of hydrogen-bond donors (Lipinski definition) is 0. The predicted octanol–water partition coefficient (Wildman–Crippen LogP) is 2.90. The maximum atomic E-state index is 3.81. The summed E-state index contributed by atoms with van der Waals surface area (Å²) in [6, 6.07) is 0. The van der Waals surface area contributed by atoms with Crippen molar-refractivity contribution in [3.05, 3.63) is 12.7 Å². The van der Waals surface area contributed by atoms with E-state index in [0.717, 1.165) is 11.5 Å². The highest BCUT2D eigenvalue weighted by molar-refractivity contribution is 6.78. The van der Waals surface area contributed by atoms with Crippen LogP contribution in [0.4, 0.5) is 0 Å². The first-order chi connectivity index (χ1) is 4.05. The van der Waals surface area contributed by atoms with Crippen LogP contribution in [0, 0.1) is 5.92 Å². The van der Waals surface area contributed by atoms with Crippen molar-refractivity contribution in [2.75, 3.05) is 0 Å². The van der Waals surface area contributed by atoms with Gasteiger partial charge in [0.25, 0.3) is 0 Å². The second kappa shape index (κ2) is 1.98. The van der Waals surface area contributed by atoms with Crippen molar-refractivity contribution in [2.45, 2.75) is 31.6 Å². The predicted molar refractivity (Wildman–Crippen MR) is 45.4 cm³/mol. The van der Waals surface area contributed by atoms with E-state index in [0.29, 0.717) is 0 Å². The van der Waals surface area contributed by atoms with Crippen LogP contribution >= 0.6 is 0 Å². The van der Waals surface area contributed by atoms with E-state index >= 15 is 0 Å². The van der Waals surface area contributed by atoms with Gasteiger partial charge in [0, 0.05) is 8.07 Å². The van der Waals surface area contributed by atoms with E-state index < -0.39 is 8.07 Å². The summed E-state index contributed by atoms with van der Waals surface area (Å²) in [6.45, 7) is 11.1. The Morgan fingerprint density at radius 3 is 2.11 bits per heavy atom. The molecular formula is C8H16Si. The van der Waals surface area contributed by atoms with Gasteiger partial charge in [-0.2, -0.15) is 0 Å². The number of allylic oxidation sites excluding steroid dienone is 1. The van der Waals surface area contributed by atoms with Gasteiger partial charge in [-0.05, 0) is 17.9 Å². The van der Waals surface area contributed by atoms with Crippen LogP contribution in [0.15, 0.2) is 12.7 Å². The van der Waals surface area contributed by atoms with Crippen molar-refractivity contribution >= 4 is 8.07 Å². The van der Waals surface area contributed by atoms with E-state index in [2.05, 4.69) is 32.3 Å². The van der Waals surface area contributed by atoms with Gasteiger partial charge in [-0.1, -0.05) is 25.7 Å². The quantitative estimate of drug-likeness (QED) is 0.409. The summed E-state index contributed by atoms with van der Waals surface area (Å²) in [5.41, 5.74) is 1.05. The van der Waals surface area contributed by atoms with E-state index in [-0.39, 0.29) is 0 Å². The van der Waals surface area contributed by atoms with Gasteiger partial charge in [-0.3, -0.25) is 0 Å². The summed E-state index contributed by atoms with van der Waals surface area (Å²) in [7, 11) is -0.779. The van der Waals surface area contributed by atoms with Gasteiger partial charge in [0.15, 0.2) is 0 Å². The van der Waals surface area contributed by atoms with Gasteiger partial charge < -0.3 is 0 Å². The van der Waals surface area contributed by atoms with Crippen LogP contribution in [0.3, 0.4) is 0 Å². The molecule has 0 saturated heterocycles. The minimum absolute atomic E-state index is 0.779. The lowest BCUT2D eigenvalue weighted by molar-refractivity contribution is 1.11. The van der Waals surface area contributed by atoms with Crippen molar-refractivity contribution in [3.8, 4) is 0 Å². The molecule has 0 heterocycles. The molecule has 1 aliphatic carbocycles. The molecule has 0 nitrogen and oxygen atoms in total. The van der Waals surface area contributed by atoms with Gasteiger partial charge in [0.1, 0.15) is 0 Å². The molecule has 0 radical (unpaired) electrons. The highest BCUT2D eigenvalue weighted by atomic mass is 28.3. The Kier molecular flexibility index (Phi) is 1.55. The molecule has 0 unspecified atom stereocenters. The van der Waals surface area contributed by atoms with Crippen molar-refractivity contribution in [1.29, 1.82) is 0 Å². The second-order valence-corrected chi connectivity index (χ2v) is 9.58. The SMILES string of the molecule is C=C[C@@H]1C[C@@H]1[Si](C)(C)C. The lowest BCUT2D eigenvalue weighted by Crippen LogP contribution is -2.20. The van der Waals surface area contributed by atoms with E-state index in [1.54, 1.807) is 0 Å². The van der Waals surface area contributed by atoms with Crippen LogP contribution in [0.1, 0.15) is 6.42 Å². The highest BCUT2D eigenvalue weighted by Gasteiger charge is 2.43. The minimum atomic E-state index is -0.779. The lowest BCUT2D eigenvalue weighted by Gasteiger charge is -2.13. The van der Waals surface area contributed by atoms with Crippen molar-refractivity contribution in [2.24, 2.45) is 5.92 Å². The molecule has 0 bridgehead atoms. The van der Waals surface area contributed by atoms with Crippen LogP contribution in [-0.2, 0) is 0 Å². The monoisotopic (exact) mass is 140 g/mol. The molecule has 0 aliphatic heterocycles. The topological polar surface area (TPSA) is 0 Å². The number of hydrogen-bond acceptors (Lipinski definition) is 0. The molecule has 1 aliphatic rings. The molecule has 0 aromatic heterocycles. The fourth-order valence-electron chi connectivity index (χ4n) is 1.47. The van der Waals surface area contributed by atoms with Crippen LogP contribution in [0.5, 0.6) is 0 Å². The van der Waals surface area contributed by atoms with E-state index in [9.17, 15) is 0 Å². The Morgan fingerprint density at radius 2 is 2.00 bits per heavy atom. The first-order valence-corrected chi connectivity index (χ1v) is 7.26. The van der Waals surface area contributed by atoms with Gasteiger partial charge in [0.05, 0.1) is 0 Å². The molecule has 0 spiro atoms. The van der Waals surface area contributed by atoms with Crippen LogP contribution < -0.4 is 0 Å².